The zero-order valence-electron chi connectivity index (χ0n) is 14.7. The highest BCUT2D eigenvalue weighted by atomic mass is 16.5. The quantitative estimate of drug-likeness (QED) is 0.721. The molecule has 2 rings (SSSR count). The molecule has 134 valence electrons. The molecular formula is C17H33N3O3. The summed E-state index contributed by atoms with van der Waals surface area (Å²) in [5, 5.41) is 3.24. The SMILES string of the molecule is CC(C)OCCN1CCC(NC(=O)C2(CN)CCOCC2)CC1. The van der Waals surface area contributed by atoms with Gasteiger partial charge in [-0.05, 0) is 39.5 Å². The maximum absolute atomic E-state index is 12.7. The molecule has 2 aliphatic heterocycles. The van der Waals surface area contributed by atoms with E-state index in [4.69, 9.17) is 15.2 Å². The van der Waals surface area contributed by atoms with Crippen molar-refractivity contribution in [2.24, 2.45) is 11.1 Å². The summed E-state index contributed by atoms with van der Waals surface area (Å²) in [5.41, 5.74) is 5.49. The van der Waals surface area contributed by atoms with Gasteiger partial charge in [-0.3, -0.25) is 4.79 Å². The summed E-state index contributed by atoms with van der Waals surface area (Å²) in [6, 6.07) is 0.274. The molecule has 2 saturated heterocycles. The van der Waals surface area contributed by atoms with E-state index in [2.05, 4.69) is 24.1 Å². The molecule has 6 nitrogen and oxygen atoms in total. The summed E-state index contributed by atoms with van der Waals surface area (Å²) in [7, 11) is 0. The first-order valence-corrected chi connectivity index (χ1v) is 8.98. The van der Waals surface area contributed by atoms with Gasteiger partial charge in [-0.25, -0.2) is 0 Å². The number of likely N-dealkylation sites (tertiary alicyclic amines) is 1. The van der Waals surface area contributed by atoms with Gasteiger partial charge >= 0.3 is 0 Å². The summed E-state index contributed by atoms with van der Waals surface area (Å²) in [4.78, 5) is 15.1. The molecular weight excluding hydrogens is 294 g/mol. The molecule has 0 saturated carbocycles. The van der Waals surface area contributed by atoms with E-state index in [1.807, 2.05) is 0 Å². The average Bonchev–Trinajstić information content (AvgIpc) is 2.56. The fourth-order valence-electron chi connectivity index (χ4n) is 3.34. The Balaban J connectivity index is 1.72. The van der Waals surface area contributed by atoms with Crippen LogP contribution in [-0.2, 0) is 14.3 Å². The molecule has 2 fully saturated rings. The third-order valence-corrected chi connectivity index (χ3v) is 5.10. The first-order chi connectivity index (χ1) is 11.1. The fourth-order valence-corrected chi connectivity index (χ4v) is 3.34. The van der Waals surface area contributed by atoms with Gasteiger partial charge in [0.15, 0.2) is 0 Å². The van der Waals surface area contributed by atoms with Crippen LogP contribution in [0.15, 0.2) is 0 Å². The first-order valence-electron chi connectivity index (χ1n) is 8.98. The molecule has 23 heavy (non-hydrogen) atoms. The molecule has 0 aromatic heterocycles. The van der Waals surface area contributed by atoms with Crippen molar-refractivity contribution >= 4 is 5.91 Å². The summed E-state index contributed by atoms with van der Waals surface area (Å²) in [5.74, 6) is 0.130. The van der Waals surface area contributed by atoms with Gasteiger partial charge in [0.05, 0.1) is 18.1 Å². The second-order valence-corrected chi connectivity index (χ2v) is 7.11. The van der Waals surface area contributed by atoms with E-state index in [-0.39, 0.29) is 11.9 Å². The van der Waals surface area contributed by atoms with Crippen LogP contribution in [0.25, 0.3) is 0 Å². The maximum atomic E-state index is 12.7. The molecule has 2 heterocycles. The van der Waals surface area contributed by atoms with E-state index in [1.165, 1.54) is 0 Å². The molecule has 0 bridgehead atoms. The van der Waals surface area contributed by atoms with Crippen molar-refractivity contribution in [2.75, 3.05) is 46.0 Å². The van der Waals surface area contributed by atoms with Crippen molar-refractivity contribution in [3.05, 3.63) is 0 Å². The average molecular weight is 327 g/mol. The van der Waals surface area contributed by atoms with Crippen LogP contribution in [0.2, 0.25) is 0 Å². The molecule has 0 aromatic rings. The van der Waals surface area contributed by atoms with Crippen molar-refractivity contribution in [3.63, 3.8) is 0 Å². The predicted molar refractivity (Wildman–Crippen MR) is 90.2 cm³/mol. The van der Waals surface area contributed by atoms with E-state index in [0.29, 0.717) is 25.9 Å². The highest BCUT2D eigenvalue weighted by Gasteiger charge is 2.39. The van der Waals surface area contributed by atoms with Crippen molar-refractivity contribution in [1.29, 1.82) is 0 Å². The molecule has 3 N–H and O–H groups in total. The monoisotopic (exact) mass is 327 g/mol. The highest BCUT2D eigenvalue weighted by Crippen LogP contribution is 2.30. The van der Waals surface area contributed by atoms with E-state index >= 15 is 0 Å². The van der Waals surface area contributed by atoms with Gasteiger partial charge in [-0.1, -0.05) is 0 Å². The number of ether oxygens (including phenoxy) is 2. The van der Waals surface area contributed by atoms with E-state index in [0.717, 1.165) is 51.9 Å². The fraction of sp³-hybridized carbons (Fsp3) is 0.941. The van der Waals surface area contributed by atoms with Gasteiger partial charge in [0.25, 0.3) is 0 Å². The minimum Gasteiger partial charge on any atom is -0.381 e. The normalized spacial score (nSPS) is 23.1. The molecule has 0 atom stereocenters. The Labute approximate surface area is 140 Å². The Kier molecular flexibility index (Phi) is 7.27. The van der Waals surface area contributed by atoms with Gasteiger partial charge in [0.2, 0.25) is 5.91 Å². The zero-order chi connectivity index (χ0) is 16.7. The lowest BCUT2D eigenvalue weighted by Gasteiger charge is -2.38. The van der Waals surface area contributed by atoms with Crippen LogP contribution in [0.3, 0.4) is 0 Å². The number of carbonyl (C=O) groups excluding carboxylic acids is 1. The first kappa shape index (κ1) is 18.6. The number of nitrogens with two attached hydrogens (primary N) is 1. The van der Waals surface area contributed by atoms with Crippen LogP contribution in [0.4, 0.5) is 0 Å². The molecule has 0 aromatic carbocycles. The van der Waals surface area contributed by atoms with Crippen molar-refractivity contribution in [1.82, 2.24) is 10.2 Å². The minimum absolute atomic E-state index is 0.130. The van der Waals surface area contributed by atoms with Crippen LogP contribution in [-0.4, -0.2) is 69.0 Å². The van der Waals surface area contributed by atoms with Crippen molar-refractivity contribution in [3.8, 4) is 0 Å². The molecule has 0 aliphatic carbocycles. The number of hydrogen-bond acceptors (Lipinski definition) is 5. The van der Waals surface area contributed by atoms with Crippen LogP contribution in [0.1, 0.15) is 39.5 Å². The second-order valence-electron chi connectivity index (χ2n) is 7.11. The largest absolute Gasteiger partial charge is 0.381 e. The molecule has 0 spiro atoms. The Morgan fingerprint density at radius 1 is 1.35 bits per heavy atom. The standard InChI is InChI=1S/C17H33N3O3/c1-14(2)23-12-9-20-7-3-15(4-8-20)19-16(21)17(13-18)5-10-22-11-6-17/h14-15H,3-13,18H2,1-2H3,(H,19,21). The molecule has 0 radical (unpaired) electrons. The molecule has 1 amide bonds. The number of carbonyl (C=O) groups is 1. The summed E-state index contributed by atoms with van der Waals surface area (Å²) < 4.78 is 11.0. The lowest BCUT2D eigenvalue weighted by atomic mass is 9.79. The Hall–Kier alpha value is -0.690. The van der Waals surface area contributed by atoms with Gasteiger partial charge in [-0.2, -0.15) is 0 Å². The van der Waals surface area contributed by atoms with Crippen molar-refractivity contribution in [2.45, 2.75) is 51.7 Å². The summed E-state index contributed by atoms with van der Waals surface area (Å²) in [6.07, 6.45) is 3.77. The number of hydrogen-bond donors (Lipinski definition) is 2. The van der Waals surface area contributed by atoms with Gasteiger partial charge < -0.3 is 25.4 Å². The van der Waals surface area contributed by atoms with Gasteiger partial charge in [0, 0.05) is 45.4 Å². The van der Waals surface area contributed by atoms with Crippen LogP contribution < -0.4 is 11.1 Å². The number of rotatable bonds is 7. The van der Waals surface area contributed by atoms with Crippen LogP contribution >= 0.6 is 0 Å². The number of amides is 1. The number of piperidine rings is 1. The Morgan fingerprint density at radius 3 is 2.57 bits per heavy atom. The lowest BCUT2D eigenvalue weighted by molar-refractivity contribution is -0.137. The minimum atomic E-state index is -0.416. The third-order valence-electron chi connectivity index (χ3n) is 5.10. The second kappa shape index (κ2) is 8.97. The third kappa shape index (κ3) is 5.41. The zero-order valence-corrected chi connectivity index (χ0v) is 14.7. The maximum Gasteiger partial charge on any atom is 0.227 e. The van der Waals surface area contributed by atoms with Crippen LogP contribution in [0, 0.1) is 5.41 Å². The number of nitrogens with one attached hydrogen (secondary N) is 1. The van der Waals surface area contributed by atoms with E-state index in [9.17, 15) is 4.79 Å². The Morgan fingerprint density at radius 2 is 2.00 bits per heavy atom. The van der Waals surface area contributed by atoms with Gasteiger partial charge in [-0.15, -0.1) is 0 Å². The van der Waals surface area contributed by atoms with E-state index < -0.39 is 5.41 Å². The Bertz CT molecular complexity index is 362. The molecule has 6 heteroatoms. The predicted octanol–water partition coefficient (Wildman–Crippen LogP) is 0.748. The summed E-state index contributed by atoms with van der Waals surface area (Å²) in [6.45, 7) is 9.60. The molecule has 0 unspecified atom stereocenters. The topological polar surface area (TPSA) is 76.8 Å². The molecule has 2 aliphatic rings. The van der Waals surface area contributed by atoms with Crippen LogP contribution in [0.5, 0.6) is 0 Å². The van der Waals surface area contributed by atoms with Crippen molar-refractivity contribution < 1.29 is 14.3 Å². The number of nitrogens with zero attached hydrogens (tertiary/aromatic N) is 1. The van der Waals surface area contributed by atoms with E-state index in [1.54, 1.807) is 0 Å². The summed E-state index contributed by atoms with van der Waals surface area (Å²) >= 11 is 0. The lowest BCUT2D eigenvalue weighted by Crippen LogP contribution is -2.54. The highest BCUT2D eigenvalue weighted by molar-refractivity contribution is 5.83. The smallest absolute Gasteiger partial charge is 0.227 e. The van der Waals surface area contributed by atoms with Gasteiger partial charge in [0.1, 0.15) is 0 Å².